The molecule has 1 aliphatic rings. The lowest BCUT2D eigenvalue weighted by Crippen LogP contribution is -2.53. The van der Waals surface area contributed by atoms with Crippen molar-refractivity contribution < 1.29 is 22.4 Å². The summed E-state index contributed by atoms with van der Waals surface area (Å²) in [7, 11) is -3.80. The molecular formula is C27H36FN3O4S. The first kappa shape index (κ1) is 27.6. The minimum atomic E-state index is -3.80. The second-order valence-corrected chi connectivity index (χ2v) is 11.3. The van der Waals surface area contributed by atoms with E-state index in [4.69, 9.17) is 0 Å². The molecule has 1 fully saturated rings. The summed E-state index contributed by atoms with van der Waals surface area (Å²) in [5, 5.41) is 3.02. The van der Waals surface area contributed by atoms with Crippen molar-refractivity contribution in [2.24, 2.45) is 0 Å². The van der Waals surface area contributed by atoms with E-state index < -0.39 is 34.3 Å². The minimum Gasteiger partial charge on any atom is -0.352 e. The van der Waals surface area contributed by atoms with Crippen LogP contribution >= 0.6 is 0 Å². The van der Waals surface area contributed by atoms with Crippen molar-refractivity contribution in [3.8, 4) is 0 Å². The van der Waals surface area contributed by atoms with Gasteiger partial charge in [0.2, 0.25) is 21.8 Å². The highest BCUT2D eigenvalue weighted by molar-refractivity contribution is 7.92. The first-order valence-corrected chi connectivity index (χ1v) is 14.3. The Labute approximate surface area is 213 Å². The molecule has 3 rings (SSSR count). The predicted molar refractivity (Wildman–Crippen MR) is 139 cm³/mol. The molecule has 0 spiro atoms. The molecule has 1 unspecified atom stereocenters. The highest BCUT2D eigenvalue weighted by atomic mass is 32.2. The number of halogens is 1. The van der Waals surface area contributed by atoms with E-state index in [1.807, 2.05) is 19.1 Å². The molecule has 0 saturated heterocycles. The maximum absolute atomic E-state index is 14.5. The lowest BCUT2D eigenvalue weighted by atomic mass is 9.95. The molecule has 2 aromatic rings. The van der Waals surface area contributed by atoms with Crippen molar-refractivity contribution >= 4 is 27.5 Å². The van der Waals surface area contributed by atoms with E-state index in [2.05, 4.69) is 5.32 Å². The average molecular weight is 518 g/mol. The number of nitrogens with one attached hydrogen (secondary N) is 1. The van der Waals surface area contributed by atoms with Crippen LogP contribution < -0.4 is 9.62 Å². The Bertz CT molecular complexity index is 1150. The number of hydrogen-bond acceptors (Lipinski definition) is 4. The van der Waals surface area contributed by atoms with Crippen molar-refractivity contribution in [1.82, 2.24) is 10.2 Å². The molecule has 2 amide bonds. The summed E-state index contributed by atoms with van der Waals surface area (Å²) < 4.78 is 40.8. The normalized spacial score (nSPS) is 15.2. The lowest BCUT2D eigenvalue weighted by molar-refractivity contribution is -0.139. The van der Waals surface area contributed by atoms with Crippen LogP contribution in [0.2, 0.25) is 0 Å². The number of rotatable bonds is 10. The highest BCUT2D eigenvalue weighted by Crippen LogP contribution is 2.21. The summed E-state index contributed by atoms with van der Waals surface area (Å²) in [5.41, 5.74) is 1.64. The van der Waals surface area contributed by atoms with Crippen molar-refractivity contribution in [3.05, 3.63) is 65.5 Å². The van der Waals surface area contributed by atoms with E-state index >= 15 is 0 Å². The Balaban J connectivity index is 1.87. The van der Waals surface area contributed by atoms with E-state index in [0.29, 0.717) is 5.69 Å². The minimum absolute atomic E-state index is 0.0451. The van der Waals surface area contributed by atoms with Crippen LogP contribution in [0.3, 0.4) is 0 Å². The van der Waals surface area contributed by atoms with Gasteiger partial charge in [-0.2, -0.15) is 0 Å². The second kappa shape index (κ2) is 12.3. The third-order valence-electron chi connectivity index (χ3n) is 6.73. The Morgan fingerprint density at radius 1 is 1.06 bits per heavy atom. The van der Waals surface area contributed by atoms with Gasteiger partial charge in [-0.25, -0.2) is 12.8 Å². The van der Waals surface area contributed by atoms with Gasteiger partial charge in [-0.05, 0) is 49.9 Å². The summed E-state index contributed by atoms with van der Waals surface area (Å²) in [5.74, 6) is -1.41. The number of aryl methyl sites for hydroxylation is 1. The quantitative estimate of drug-likeness (QED) is 0.516. The summed E-state index contributed by atoms with van der Waals surface area (Å²) in [6.45, 7) is 2.93. The van der Waals surface area contributed by atoms with E-state index in [-0.39, 0.29) is 24.1 Å². The van der Waals surface area contributed by atoms with Gasteiger partial charge in [0.25, 0.3) is 0 Å². The number of hydrogen-bond donors (Lipinski definition) is 1. The molecule has 1 N–H and O–H groups in total. The number of carbonyl (C=O) groups excluding carboxylic acids is 2. The topological polar surface area (TPSA) is 86.8 Å². The molecular weight excluding hydrogens is 481 g/mol. The molecule has 2 aromatic carbocycles. The second-order valence-electron chi connectivity index (χ2n) is 9.42. The third kappa shape index (κ3) is 7.29. The van der Waals surface area contributed by atoms with Gasteiger partial charge in [-0.3, -0.25) is 13.9 Å². The van der Waals surface area contributed by atoms with Crippen LogP contribution in [0.15, 0.2) is 48.5 Å². The summed E-state index contributed by atoms with van der Waals surface area (Å²) in [4.78, 5) is 28.0. The van der Waals surface area contributed by atoms with E-state index in [0.717, 1.165) is 54.6 Å². The molecule has 0 heterocycles. The fraction of sp³-hybridized carbons (Fsp3) is 0.481. The molecule has 1 atom stereocenters. The van der Waals surface area contributed by atoms with Gasteiger partial charge in [-0.15, -0.1) is 0 Å². The number of nitrogens with zero attached hydrogens (tertiary/aromatic N) is 2. The molecule has 0 radical (unpaired) electrons. The number of carbonyl (C=O) groups is 2. The maximum Gasteiger partial charge on any atom is 0.244 e. The van der Waals surface area contributed by atoms with E-state index in [1.54, 1.807) is 37.3 Å². The molecule has 9 heteroatoms. The smallest absolute Gasteiger partial charge is 0.244 e. The lowest BCUT2D eigenvalue weighted by Gasteiger charge is -2.33. The Hall–Kier alpha value is -2.94. The number of anilines is 1. The van der Waals surface area contributed by atoms with Crippen LogP contribution in [0.25, 0.3) is 0 Å². The van der Waals surface area contributed by atoms with Gasteiger partial charge in [-0.1, -0.05) is 56.5 Å². The fourth-order valence-corrected chi connectivity index (χ4v) is 5.32. The zero-order chi connectivity index (χ0) is 26.3. The van der Waals surface area contributed by atoms with Gasteiger partial charge >= 0.3 is 0 Å². The Kier molecular flexibility index (Phi) is 9.48. The van der Waals surface area contributed by atoms with Crippen LogP contribution in [-0.2, 0) is 32.6 Å². The van der Waals surface area contributed by atoms with Crippen molar-refractivity contribution in [3.63, 3.8) is 0 Å². The zero-order valence-corrected chi connectivity index (χ0v) is 22.1. The average Bonchev–Trinajstić information content (AvgIpc) is 2.86. The van der Waals surface area contributed by atoms with Crippen molar-refractivity contribution in [1.29, 1.82) is 0 Å². The Morgan fingerprint density at radius 3 is 2.28 bits per heavy atom. The number of sulfonamides is 1. The molecule has 196 valence electrons. The molecule has 0 aliphatic heterocycles. The van der Waals surface area contributed by atoms with Gasteiger partial charge in [0.1, 0.15) is 18.4 Å². The SMILES string of the molecule is CCc1ccc(N(CC(=O)N(Cc2ccccc2F)C(C)C(=O)NC2CCCCC2)S(C)(=O)=O)cc1. The molecule has 1 saturated carbocycles. The zero-order valence-electron chi connectivity index (χ0n) is 21.2. The van der Waals surface area contributed by atoms with E-state index in [1.165, 1.54) is 11.0 Å². The highest BCUT2D eigenvalue weighted by Gasteiger charge is 2.31. The number of amides is 2. The van der Waals surface area contributed by atoms with Crippen LogP contribution in [0.1, 0.15) is 57.1 Å². The van der Waals surface area contributed by atoms with Gasteiger partial charge < -0.3 is 10.2 Å². The number of benzene rings is 2. The molecule has 1 aliphatic carbocycles. The van der Waals surface area contributed by atoms with Crippen LogP contribution in [-0.4, -0.2) is 50.0 Å². The third-order valence-corrected chi connectivity index (χ3v) is 7.87. The first-order valence-electron chi connectivity index (χ1n) is 12.5. The Morgan fingerprint density at radius 2 is 1.69 bits per heavy atom. The summed E-state index contributed by atoms with van der Waals surface area (Å²) in [6.07, 6.45) is 6.82. The summed E-state index contributed by atoms with van der Waals surface area (Å²) in [6, 6.07) is 12.1. The standard InChI is InChI=1S/C27H36FN3O4S/c1-4-21-14-16-24(17-15-21)31(36(3,34)35)19-26(32)30(18-22-10-8-9-13-25(22)28)20(2)27(33)29-23-11-6-5-7-12-23/h8-10,13-17,20,23H,4-7,11-12,18-19H2,1-3H3,(H,29,33). The van der Waals surface area contributed by atoms with Crippen LogP contribution in [0.4, 0.5) is 10.1 Å². The molecule has 36 heavy (non-hydrogen) atoms. The molecule has 0 aromatic heterocycles. The van der Waals surface area contributed by atoms with Crippen LogP contribution in [0.5, 0.6) is 0 Å². The van der Waals surface area contributed by atoms with E-state index in [9.17, 15) is 22.4 Å². The largest absolute Gasteiger partial charge is 0.352 e. The van der Waals surface area contributed by atoms with Crippen molar-refractivity contribution in [2.45, 2.75) is 71.0 Å². The van der Waals surface area contributed by atoms with Crippen LogP contribution in [0, 0.1) is 5.82 Å². The van der Waals surface area contributed by atoms with Gasteiger partial charge in [0, 0.05) is 18.2 Å². The fourth-order valence-electron chi connectivity index (χ4n) is 4.47. The van der Waals surface area contributed by atoms with Gasteiger partial charge in [0.15, 0.2) is 0 Å². The summed E-state index contributed by atoms with van der Waals surface area (Å²) >= 11 is 0. The van der Waals surface area contributed by atoms with Crippen molar-refractivity contribution in [2.75, 3.05) is 17.1 Å². The molecule has 0 bridgehead atoms. The first-order chi connectivity index (χ1) is 17.1. The monoisotopic (exact) mass is 517 g/mol. The maximum atomic E-state index is 14.5. The van der Waals surface area contributed by atoms with Gasteiger partial charge in [0.05, 0.1) is 11.9 Å². The predicted octanol–water partition coefficient (Wildman–Crippen LogP) is 4.02. The molecule has 7 nitrogen and oxygen atoms in total.